The summed E-state index contributed by atoms with van der Waals surface area (Å²) in [6.45, 7) is 6.13. The number of carbonyl (C=O) groups excluding carboxylic acids is 1. The molecule has 2 aliphatic carbocycles. The molecule has 1 N–H and O–H groups in total. The van der Waals surface area contributed by atoms with Crippen molar-refractivity contribution in [3.63, 3.8) is 0 Å². The Balaban J connectivity index is 0.00000117. The van der Waals surface area contributed by atoms with Gasteiger partial charge in [-0.05, 0) is 68.9 Å². The fourth-order valence-electron chi connectivity index (χ4n) is 4.76. The Hall–Kier alpha value is -3.41. The number of hydrogen-bond acceptors (Lipinski definition) is 4. The van der Waals surface area contributed by atoms with Crippen LogP contribution in [0.1, 0.15) is 58.9 Å². The van der Waals surface area contributed by atoms with Crippen molar-refractivity contribution in [2.24, 2.45) is 5.92 Å². The summed E-state index contributed by atoms with van der Waals surface area (Å²) in [6.07, 6.45) is 8.80. The lowest BCUT2D eigenvalue weighted by molar-refractivity contribution is -0.125. The van der Waals surface area contributed by atoms with Crippen molar-refractivity contribution in [2.75, 3.05) is 0 Å². The van der Waals surface area contributed by atoms with E-state index >= 15 is 0 Å². The third-order valence-electron chi connectivity index (χ3n) is 6.98. The molecule has 0 saturated heterocycles. The number of para-hydroxylation sites is 2. The highest BCUT2D eigenvalue weighted by Gasteiger charge is 2.41. The number of nitrogens with zero attached hydrogens (tertiary/aromatic N) is 3. The van der Waals surface area contributed by atoms with Gasteiger partial charge in [-0.15, -0.1) is 0 Å². The maximum absolute atomic E-state index is 12.7. The second kappa shape index (κ2) is 9.09. The van der Waals surface area contributed by atoms with E-state index < -0.39 is 0 Å². The van der Waals surface area contributed by atoms with Gasteiger partial charge in [-0.1, -0.05) is 38.1 Å². The van der Waals surface area contributed by atoms with Crippen LogP contribution in [0.5, 0.6) is 0 Å². The fraction of sp³-hybridized carbons (Fsp3) is 0.393. The van der Waals surface area contributed by atoms with Crippen molar-refractivity contribution < 1.29 is 9.21 Å². The van der Waals surface area contributed by atoms with Crippen LogP contribution in [0.15, 0.2) is 65.5 Å². The van der Waals surface area contributed by atoms with Crippen LogP contribution in [-0.2, 0) is 4.79 Å². The highest BCUT2D eigenvalue weighted by atomic mass is 16.3. The zero-order valence-corrected chi connectivity index (χ0v) is 20.1. The molecule has 2 saturated carbocycles. The van der Waals surface area contributed by atoms with E-state index in [2.05, 4.69) is 38.9 Å². The van der Waals surface area contributed by atoms with E-state index in [9.17, 15) is 4.79 Å². The number of amides is 1. The number of rotatable bonds is 5. The summed E-state index contributed by atoms with van der Waals surface area (Å²) in [5.74, 6) is 0.936. The van der Waals surface area contributed by atoms with Gasteiger partial charge in [0.2, 0.25) is 11.8 Å². The summed E-state index contributed by atoms with van der Waals surface area (Å²) in [5, 5.41) is 3.24. The SMILES string of the molecule is CC.CC1(NC(=O)C2CCC(n3cncc3-c3ccc(-c4nc5ccccc5o4)cc3)C2)CC1. The summed E-state index contributed by atoms with van der Waals surface area (Å²) in [4.78, 5) is 21.7. The van der Waals surface area contributed by atoms with Gasteiger partial charge in [-0.2, -0.15) is 0 Å². The molecule has 0 radical (unpaired) electrons. The Labute approximate surface area is 200 Å². The van der Waals surface area contributed by atoms with Gasteiger partial charge in [0.15, 0.2) is 5.58 Å². The summed E-state index contributed by atoms with van der Waals surface area (Å²) in [6, 6.07) is 16.3. The number of oxazole rings is 1. The second-order valence-electron chi connectivity index (χ2n) is 9.46. The van der Waals surface area contributed by atoms with Crippen molar-refractivity contribution in [3.05, 3.63) is 61.1 Å². The van der Waals surface area contributed by atoms with Crippen LogP contribution in [0.25, 0.3) is 33.8 Å². The predicted molar refractivity (Wildman–Crippen MR) is 134 cm³/mol. The van der Waals surface area contributed by atoms with Gasteiger partial charge in [0.05, 0.1) is 18.2 Å². The quantitative estimate of drug-likeness (QED) is 0.377. The Morgan fingerprint density at radius 3 is 2.53 bits per heavy atom. The minimum absolute atomic E-state index is 0.0474. The van der Waals surface area contributed by atoms with Gasteiger partial charge in [-0.3, -0.25) is 4.79 Å². The van der Waals surface area contributed by atoms with Crippen LogP contribution in [0.3, 0.4) is 0 Å². The van der Waals surface area contributed by atoms with E-state index in [-0.39, 0.29) is 17.4 Å². The maximum atomic E-state index is 12.7. The molecule has 2 fully saturated rings. The Bertz CT molecular complexity index is 1250. The third-order valence-corrected chi connectivity index (χ3v) is 6.98. The number of fused-ring (bicyclic) bond motifs is 1. The molecule has 2 heterocycles. The van der Waals surface area contributed by atoms with E-state index in [1.807, 2.05) is 62.8 Å². The lowest BCUT2D eigenvalue weighted by Gasteiger charge is -2.18. The highest BCUT2D eigenvalue weighted by molar-refractivity contribution is 5.80. The first kappa shape index (κ1) is 22.4. The number of imidazole rings is 1. The molecule has 4 aromatic rings. The fourth-order valence-corrected chi connectivity index (χ4v) is 4.76. The van der Waals surface area contributed by atoms with E-state index in [4.69, 9.17) is 4.42 Å². The van der Waals surface area contributed by atoms with Crippen LogP contribution >= 0.6 is 0 Å². The number of carbonyl (C=O) groups is 1. The zero-order chi connectivity index (χ0) is 23.7. The van der Waals surface area contributed by atoms with E-state index in [0.29, 0.717) is 11.9 Å². The average Bonchev–Trinajstić information content (AvgIpc) is 3.33. The summed E-state index contributed by atoms with van der Waals surface area (Å²) in [7, 11) is 0. The minimum atomic E-state index is 0.0474. The molecule has 0 aliphatic heterocycles. The number of aromatic nitrogens is 3. The van der Waals surface area contributed by atoms with Crippen molar-refractivity contribution >= 4 is 17.0 Å². The van der Waals surface area contributed by atoms with Crippen LogP contribution in [0, 0.1) is 5.92 Å². The molecule has 1 amide bonds. The average molecular weight is 457 g/mol. The monoisotopic (exact) mass is 456 g/mol. The van der Waals surface area contributed by atoms with E-state index in [0.717, 1.165) is 60.0 Å². The molecular weight excluding hydrogens is 424 g/mol. The van der Waals surface area contributed by atoms with Crippen LogP contribution in [-0.4, -0.2) is 26.0 Å². The highest BCUT2D eigenvalue weighted by Crippen LogP contribution is 2.40. The van der Waals surface area contributed by atoms with Gasteiger partial charge in [0, 0.05) is 23.1 Å². The minimum Gasteiger partial charge on any atom is -0.436 e. The summed E-state index contributed by atoms with van der Waals surface area (Å²) < 4.78 is 8.13. The Kier molecular flexibility index (Phi) is 5.98. The zero-order valence-electron chi connectivity index (χ0n) is 20.1. The normalized spacial score (nSPS) is 20.6. The first-order chi connectivity index (χ1) is 16.6. The van der Waals surface area contributed by atoms with Crippen LogP contribution in [0.2, 0.25) is 0 Å². The molecule has 2 aliphatic rings. The van der Waals surface area contributed by atoms with E-state index in [1.165, 1.54) is 0 Å². The first-order valence-corrected chi connectivity index (χ1v) is 12.4. The van der Waals surface area contributed by atoms with Crippen LogP contribution < -0.4 is 5.32 Å². The molecule has 176 valence electrons. The number of benzene rings is 2. The smallest absolute Gasteiger partial charge is 0.227 e. The number of hydrogen-bond donors (Lipinski definition) is 1. The van der Waals surface area contributed by atoms with Gasteiger partial charge in [-0.25, -0.2) is 9.97 Å². The van der Waals surface area contributed by atoms with Gasteiger partial charge in [0.25, 0.3) is 0 Å². The van der Waals surface area contributed by atoms with E-state index in [1.54, 1.807) is 0 Å². The molecule has 34 heavy (non-hydrogen) atoms. The summed E-state index contributed by atoms with van der Waals surface area (Å²) >= 11 is 0. The molecule has 2 atom stereocenters. The van der Waals surface area contributed by atoms with Gasteiger partial charge < -0.3 is 14.3 Å². The predicted octanol–water partition coefficient (Wildman–Crippen LogP) is 6.39. The van der Waals surface area contributed by atoms with Crippen molar-refractivity contribution in [1.29, 1.82) is 0 Å². The van der Waals surface area contributed by atoms with Crippen molar-refractivity contribution in [2.45, 2.75) is 64.5 Å². The molecule has 2 aromatic heterocycles. The standard InChI is InChI=1S/C26H26N4O2.C2H6/c1-26(12-13-26)29-24(31)19-10-11-20(14-19)30-16-27-15-22(30)17-6-8-18(9-7-17)25-28-21-4-2-3-5-23(21)32-25;1-2/h2-9,15-16,19-20H,10-14H2,1H3,(H,29,31);1-2H3. The van der Waals surface area contributed by atoms with Gasteiger partial charge in [0.1, 0.15) is 5.52 Å². The largest absolute Gasteiger partial charge is 0.436 e. The number of nitrogens with one attached hydrogen (secondary N) is 1. The van der Waals surface area contributed by atoms with Crippen molar-refractivity contribution in [3.8, 4) is 22.7 Å². The molecule has 2 unspecified atom stereocenters. The topological polar surface area (TPSA) is 73.0 Å². The second-order valence-corrected chi connectivity index (χ2v) is 9.46. The third kappa shape index (κ3) is 4.37. The molecule has 6 nitrogen and oxygen atoms in total. The molecule has 0 bridgehead atoms. The molecular formula is C28H32N4O2. The Morgan fingerprint density at radius 1 is 1.06 bits per heavy atom. The first-order valence-electron chi connectivity index (χ1n) is 12.4. The lowest BCUT2D eigenvalue weighted by Crippen LogP contribution is -2.38. The van der Waals surface area contributed by atoms with Crippen molar-refractivity contribution in [1.82, 2.24) is 19.9 Å². The van der Waals surface area contributed by atoms with Crippen LogP contribution in [0.4, 0.5) is 0 Å². The lowest BCUT2D eigenvalue weighted by atomic mass is 10.1. The summed E-state index contributed by atoms with van der Waals surface area (Å²) in [5.41, 5.74) is 4.82. The van der Waals surface area contributed by atoms with Gasteiger partial charge >= 0.3 is 0 Å². The maximum Gasteiger partial charge on any atom is 0.227 e. The molecule has 6 rings (SSSR count). The molecule has 0 spiro atoms. The molecule has 2 aromatic carbocycles. The Morgan fingerprint density at radius 2 is 1.79 bits per heavy atom. The molecule has 6 heteroatoms.